The summed E-state index contributed by atoms with van der Waals surface area (Å²) in [6, 6.07) is 11.6. The molecule has 1 aliphatic heterocycles. The molecule has 0 spiro atoms. The SMILES string of the molecule is CCN(CCc1ccncc1)C(=O)C(=O)N1CCc2ccccc21. The summed E-state index contributed by atoms with van der Waals surface area (Å²) in [4.78, 5) is 32.5. The zero-order valence-corrected chi connectivity index (χ0v) is 13.8. The van der Waals surface area contributed by atoms with Crippen molar-refractivity contribution in [1.29, 1.82) is 0 Å². The molecule has 1 aliphatic rings. The van der Waals surface area contributed by atoms with E-state index in [1.807, 2.05) is 43.3 Å². The van der Waals surface area contributed by atoms with E-state index in [4.69, 9.17) is 0 Å². The fraction of sp³-hybridized carbons (Fsp3) is 0.316. The van der Waals surface area contributed by atoms with Gasteiger partial charge in [0.15, 0.2) is 0 Å². The first-order valence-corrected chi connectivity index (χ1v) is 8.28. The van der Waals surface area contributed by atoms with E-state index < -0.39 is 11.8 Å². The van der Waals surface area contributed by atoms with Crippen LogP contribution in [-0.2, 0) is 22.4 Å². The van der Waals surface area contributed by atoms with Crippen LogP contribution in [0.2, 0.25) is 0 Å². The molecule has 124 valence electrons. The van der Waals surface area contributed by atoms with Crippen molar-refractivity contribution in [2.24, 2.45) is 0 Å². The van der Waals surface area contributed by atoms with Crippen LogP contribution in [-0.4, -0.2) is 41.3 Å². The number of para-hydroxylation sites is 1. The van der Waals surface area contributed by atoms with Crippen LogP contribution in [0.1, 0.15) is 18.1 Å². The molecule has 2 heterocycles. The Bertz CT molecular complexity index is 730. The lowest BCUT2D eigenvalue weighted by atomic mass is 10.2. The normalized spacial score (nSPS) is 12.8. The van der Waals surface area contributed by atoms with Crippen LogP contribution in [0.5, 0.6) is 0 Å². The average Bonchev–Trinajstić information content (AvgIpc) is 3.06. The second-order valence-electron chi connectivity index (χ2n) is 5.83. The number of carbonyl (C=O) groups excluding carboxylic acids is 2. The third-order valence-corrected chi connectivity index (χ3v) is 4.40. The largest absolute Gasteiger partial charge is 0.334 e. The molecule has 0 aliphatic carbocycles. The minimum atomic E-state index is -0.434. The standard InChI is InChI=1S/C19H21N3O2/c1-2-21(13-9-15-7-11-20-12-8-15)18(23)19(24)22-14-10-16-5-3-4-6-17(16)22/h3-8,11-12H,2,9-10,13-14H2,1H3. The maximum absolute atomic E-state index is 12.6. The van der Waals surface area contributed by atoms with Crippen molar-refractivity contribution >= 4 is 17.5 Å². The molecule has 1 aromatic heterocycles. The second-order valence-corrected chi connectivity index (χ2v) is 5.83. The molecule has 0 saturated carbocycles. The number of anilines is 1. The number of benzene rings is 1. The molecule has 0 radical (unpaired) electrons. The molecular formula is C19H21N3O2. The predicted octanol–water partition coefficient (Wildman–Crippen LogP) is 2.06. The van der Waals surface area contributed by atoms with Crippen LogP contribution in [0.15, 0.2) is 48.8 Å². The van der Waals surface area contributed by atoms with Gasteiger partial charge in [-0.3, -0.25) is 14.6 Å². The lowest BCUT2D eigenvalue weighted by Crippen LogP contribution is -2.45. The number of amides is 2. The van der Waals surface area contributed by atoms with Gasteiger partial charge in [-0.2, -0.15) is 0 Å². The van der Waals surface area contributed by atoms with Gasteiger partial charge in [-0.1, -0.05) is 18.2 Å². The van der Waals surface area contributed by atoms with Crippen LogP contribution in [0.4, 0.5) is 5.69 Å². The van der Waals surface area contributed by atoms with Crippen molar-refractivity contribution in [2.45, 2.75) is 19.8 Å². The van der Waals surface area contributed by atoms with Crippen molar-refractivity contribution in [1.82, 2.24) is 9.88 Å². The summed E-state index contributed by atoms with van der Waals surface area (Å²) < 4.78 is 0. The Morgan fingerprint density at radius 1 is 1.17 bits per heavy atom. The van der Waals surface area contributed by atoms with E-state index in [2.05, 4.69) is 4.98 Å². The topological polar surface area (TPSA) is 53.5 Å². The van der Waals surface area contributed by atoms with E-state index >= 15 is 0 Å². The van der Waals surface area contributed by atoms with E-state index in [1.54, 1.807) is 22.2 Å². The van der Waals surface area contributed by atoms with Crippen LogP contribution in [0.3, 0.4) is 0 Å². The number of fused-ring (bicyclic) bond motifs is 1. The highest BCUT2D eigenvalue weighted by molar-refractivity contribution is 6.40. The molecule has 2 aromatic rings. The summed E-state index contributed by atoms with van der Waals surface area (Å²) in [5.74, 6) is -0.861. The molecule has 0 unspecified atom stereocenters. The minimum absolute atomic E-state index is 0.428. The van der Waals surface area contributed by atoms with Crippen LogP contribution in [0.25, 0.3) is 0 Å². The van der Waals surface area contributed by atoms with Gasteiger partial charge in [0.2, 0.25) is 0 Å². The Morgan fingerprint density at radius 3 is 2.67 bits per heavy atom. The van der Waals surface area contributed by atoms with Gasteiger partial charge in [-0.05, 0) is 49.1 Å². The summed E-state index contributed by atoms with van der Waals surface area (Å²) in [6.45, 7) is 3.52. The molecule has 1 aromatic carbocycles. The minimum Gasteiger partial charge on any atom is -0.334 e. The molecule has 5 heteroatoms. The Morgan fingerprint density at radius 2 is 1.92 bits per heavy atom. The average molecular weight is 323 g/mol. The highest BCUT2D eigenvalue weighted by atomic mass is 16.2. The summed E-state index contributed by atoms with van der Waals surface area (Å²) in [6.07, 6.45) is 4.99. The van der Waals surface area contributed by atoms with Gasteiger partial charge in [-0.15, -0.1) is 0 Å². The zero-order chi connectivity index (χ0) is 16.9. The molecule has 0 atom stereocenters. The maximum Gasteiger partial charge on any atom is 0.316 e. The lowest BCUT2D eigenvalue weighted by Gasteiger charge is -2.24. The van der Waals surface area contributed by atoms with Crippen LogP contribution >= 0.6 is 0 Å². The Kier molecular flexibility index (Phi) is 4.89. The number of aromatic nitrogens is 1. The Hall–Kier alpha value is -2.69. The van der Waals surface area contributed by atoms with Gasteiger partial charge in [0.25, 0.3) is 0 Å². The molecule has 3 rings (SSSR count). The van der Waals surface area contributed by atoms with E-state index in [-0.39, 0.29) is 0 Å². The Labute approximate surface area is 141 Å². The van der Waals surface area contributed by atoms with E-state index in [9.17, 15) is 9.59 Å². The van der Waals surface area contributed by atoms with E-state index in [1.165, 1.54) is 0 Å². The molecule has 0 fully saturated rings. The van der Waals surface area contributed by atoms with Gasteiger partial charge in [-0.25, -0.2) is 0 Å². The number of hydrogen-bond acceptors (Lipinski definition) is 3. The van der Waals surface area contributed by atoms with Crippen molar-refractivity contribution in [3.8, 4) is 0 Å². The van der Waals surface area contributed by atoms with Gasteiger partial charge >= 0.3 is 11.8 Å². The second kappa shape index (κ2) is 7.25. The van der Waals surface area contributed by atoms with E-state index in [0.717, 1.165) is 23.2 Å². The summed E-state index contributed by atoms with van der Waals surface area (Å²) >= 11 is 0. The first-order chi connectivity index (χ1) is 11.7. The van der Waals surface area contributed by atoms with Gasteiger partial charge in [0.05, 0.1) is 0 Å². The molecule has 5 nitrogen and oxygen atoms in total. The van der Waals surface area contributed by atoms with Gasteiger partial charge < -0.3 is 9.80 Å². The van der Waals surface area contributed by atoms with Gasteiger partial charge in [0.1, 0.15) is 0 Å². The van der Waals surface area contributed by atoms with Crippen molar-refractivity contribution < 1.29 is 9.59 Å². The summed E-state index contributed by atoms with van der Waals surface area (Å²) in [5.41, 5.74) is 3.09. The molecule has 0 saturated heterocycles. The van der Waals surface area contributed by atoms with Gasteiger partial charge in [0, 0.05) is 37.7 Å². The highest BCUT2D eigenvalue weighted by Gasteiger charge is 2.31. The molecular weight excluding hydrogens is 302 g/mol. The van der Waals surface area contributed by atoms with Crippen molar-refractivity contribution in [3.63, 3.8) is 0 Å². The fourth-order valence-electron chi connectivity index (χ4n) is 3.02. The van der Waals surface area contributed by atoms with Crippen LogP contribution in [0, 0.1) is 0 Å². The number of hydrogen-bond donors (Lipinski definition) is 0. The zero-order valence-electron chi connectivity index (χ0n) is 13.8. The van der Waals surface area contributed by atoms with Crippen molar-refractivity contribution in [3.05, 3.63) is 59.9 Å². The van der Waals surface area contributed by atoms with E-state index in [0.29, 0.717) is 26.1 Å². The molecule has 2 amide bonds. The highest BCUT2D eigenvalue weighted by Crippen LogP contribution is 2.27. The number of rotatable bonds is 4. The third-order valence-electron chi connectivity index (χ3n) is 4.40. The Balaban J connectivity index is 1.67. The summed E-state index contributed by atoms with van der Waals surface area (Å²) in [7, 11) is 0. The smallest absolute Gasteiger partial charge is 0.316 e. The number of likely N-dealkylation sites (N-methyl/N-ethyl adjacent to an activating group) is 1. The number of nitrogens with zero attached hydrogens (tertiary/aromatic N) is 3. The quantitative estimate of drug-likeness (QED) is 0.809. The first-order valence-electron chi connectivity index (χ1n) is 8.28. The van der Waals surface area contributed by atoms with Crippen molar-refractivity contribution in [2.75, 3.05) is 24.5 Å². The monoisotopic (exact) mass is 323 g/mol. The molecule has 0 bridgehead atoms. The first kappa shape index (κ1) is 16.2. The summed E-state index contributed by atoms with van der Waals surface area (Å²) in [5, 5.41) is 0. The fourth-order valence-corrected chi connectivity index (χ4v) is 3.02. The van der Waals surface area contributed by atoms with Crippen LogP contribution < -0.4 is 4.90 Å². The number of carbonyl (C=O) groups is 2. The number of pyridine rings is 1. The lowest BCUT2D eigenvalue weighted by molar-refractivity contribution is -0.144. The molecule has 24 heavy (non-hydrogen) atoms. The molecule has 0 N–H and O–H groups in total. The maximum atomic E-state index is 12.6. The predicted molar refractivity (Wildman–Crippen MR) is 92.7 cm³/mol. The third kappa shape index (κ3) is 3.30.